The SMILES string of the molecule is CC(C)C1C(=O)NCC(=O)N1Cc1c(F)ccc(Br)c1F. The van der Waals surface area contributed by atoms with Crippen molar-refractivity contribution in [3.05, 3.63) is 33.8 Å². The zero-order chi connectivity index (χ0) is 15.7. The Hall–Kier alpha value is -1.50. The molecule has 1 N–H and O–H groups in total. The second kappa shape index (κ2) is 6.09. The maximum atomic E-state index is 14.0. The number of carbonyl (C=O) groups excluding carboxylic acids is 2. The first-order chi connectivity index (χ1) is 9.82. The molecule has 2 amide bonds. The van der Waals surface area contributed by atoms with Gasteiger partial charge in [0.05, 0.1) is 17.6 Å². The Morgan fingerprint density at radius 1 is 1.38 bits per heavy atom. The van der Waals surface area contributed by atoms with Crippen LogP contribution in [-0.2, 0) is 16.1 Å². The van der Waals surface area contributed by atoms with Gasteiger partial charge in [-0.15, -0.1) is 0 Å². The smallest absolute Gasteiger partial charge is 0.243 e. The Bertz CT molecular complexity index is 593. The van der Waals surface area contributed by atoms with E-state index in [0.717, 1.165) is 6.07 Å². The van der Waals surface area contributed by atoms with Crippen LogP contribution in [0.15, 0.2) is 16.6 Å². The third kappa shape index (κ3) is 3.07. The molecule has 1 aliphatic heterocycles. The van der Waals surface area contributed by atoms with E-state index < -0.39 is 17.7 Å². The van der Waals surface area contributed by atoms with Gasteiger partial charge in [0.15, 0.2) is 0 Å². The number of benzene rings is 1. The Balaban J connectivity index is 2.38. The van der Waals surface area contributed by atoms with E-state index in [-0.39, 0.29) is 40.9 Å². The summed E-state index contributed by atoms with van der Waals surface area (Å²) < 4.78 is 28.0. The van der Waals surface area contributed by atoms with Crippen LogP contribution in [0.25, 0.3) is 0 Å². The highest BCUT2D eigenvalue weighted by Crippen LogP contribution is 2.25. The molecular weight excluding hydrogens is 346 g/mol. The summed E-state index contributed by atoms with van der Waals surface area (Å²) in [5.74, 6) is -2.31. The monoisotopic (exact) mass is 360 g/mol. The molecule has 1 unspecified atom stereocenters. The molecular formula is C14H15BrF2N2O2. The third-order valence-electron chi connectivity index (χ3n) is 3.44. The molecule has 0 spiro atoms. The van der Waals surface area contributed by atoms with Crippen molar-refractivity contribution in [2.24, 2.45) is 5.92 Å². The van der Waals surface area contributed by atoms with Gasteiger partial charge in [0.25, 0.3) is 0 Å². The Labute approximate surface area is 129 Å². The number of amides is 2. The van der Waals surface area contributed by atoms with Gasteiger partial charge in [-0.1, -0.05) is 13.8 Å². The van der Waals surface area contributed by atoms with Gasteiger partial charge in [0.1, 0.15) is 17.7 Å². The number of halogens is 3. The first kappa shape index (κ1) is 15.9. The molecule has 4 nitrogen and oxygen atoms in total. The van der Waals surface area contributed by atoms with Gasteiger partial charge in [-0.05, 0) is 34.0 Å². The summed E-state index contributed by atoms with van der Waals surface area (Å²) in [6, 6.07) is 1.66. The van der Waals surface area contributed by atoms with E-state index in [0.29, 0.717) is 0 Å². The predicted molar refractivity (Wildman–Crippen MR) is 76.2 cm³/mol. The van der Waals surface area contributed by atoms with Crippen LogP contribution in [0, 0.1) is 17.6 Å². The molecule has 0 radical (unpaired) electrons. The van der Waals surface area contributed by atoms with E-state index in [2.05, 4.69) is 21.2 Å². The quantitative estimate of drug-likeness (QED) is 0.840. The summed E-state index contributed by atoms with van der Waals surface area (Å²) in [5.41, 5.74) is -0.224. The highest BCUT2D eigenvalue weighted by molar-refractivity contribution is 9.10. The molecule has 1 saturated heterocycles. The van der Waals surface area contributed by atoms with Gasteiger partial charge in [-0.3, -0.25) is 9.59 Å². The first-order valence-corrected chi connectivity index (χ1v) is 7.31. The van der Waals surface area contributed by atoms with Crippen LogP contribution in [0.4, 0.5) is 8.78 Å². The second-order valence-corrected chi connectivity index (χ2v) is 6.10. The molecule has 2 rings (SSSR count). The van der Waals surface area contributed by atoms with Crippen molar-refractivity contribution in [1.29, 1.82) is 0 Å². The van der Waals surface area contributed by atoms with E-state index in [4.69, 9.17) is 0 Å². The van der Waals surface area contributed by atoms with E-state index in [9.17, 15) is 18.4 Å². The molecule has 0 aliphatic carbocycles. The Morgan fingerprint density at radius 2 is 2.05 bits per heavy atom. The van der Waals surface area contributed by atoms with Crippen molar-refractivity contribution in [3.63, 3.8) is 0 Å². The lowest BCUT2D eigenvalue weighted by atomic mass is 9.98. The average Bonchev–Trinajstić information content (AvgIpc) is 2.42. The second-order valence-electron chi connectivity index (χ2n) is 5.25. The fourth-order valence-corrected chi connectivity index (χ4v) is 2.77. The highest BCUT2D eigenvalue weighted by Gasteiger charge is 2.37. The number of hydrogen-bond acceptors (Lipinski definition) is 2. The van der Waals surface area contributed by atoms with Gasteiger partial charge in [-0.25, -0.2) is 8.78 Å². The van der Waals surface area contributed by atoms with Gasteiger partial charge >= 0.3 is 0 Å². The molecule has 1 aliphatic rings. The van der Waals surface area contributed by atoms with Crippen LogP contribution in [0.2, 0.25) is 0 Å². The summed E-state index contributed by atoms with van der Waals surface area (Å²) in [5, 5.41) is 2.49. The lowest BCUT2D eigenvalue weighted by Crippen LogP contribution is -2.59. The van der Waals surface area contributed by atoms with Gasteiger partial charge in [-0.2, -0.15) is 0 Å². The molecule has 1 heterocycles. The minimum atomic E-state index is -0.753. The molecule has 7 heteroatoms. The molecule has 0 aromatic heterocycles. The van der Waals surface area contributed by atoms with Crippen molar-refractivity contribution in [2.45, 2.75) is 26.4 Å². The summed E-state index contributed by atoms with van der Waals surface area (Å²) in [7, 11) is 0. The molecule has 1 atom stereocenters. The van der Waals surface area contributed by atoms with Gasteiger partial charge < -0.3 is 10.2 Å². The van der Waals surface area contributed by atoms with Crippen LogP contribution < -0.4 is 5.32 Å². The van der Waals surface area contributed by atoms with Crippen LogP contribution >= 0.6 is 15.9 Å². The molecule has 1 fully saturated rings. The lowest BCUT2D eigenvalue weighted by molar-refractivity contribution is -0.148. The highest BCUT2D eigenvalue weighted by atomic mass is 79.9. The van der Waals surface area contributed by atoms with Crippen molar-refractivity contribution in [2.75, 3.05) is 6.54 Å². The summed E-state index contributed by atoms with van der Waals surface area (Å²) >= 11 is 2.99. The largest absolute Gasteiger partial charge is 0.345 e. The molecule has 1 aromatic carbocycles. The van der Waals surface area contributed by atoms with E-state index in [1.165, 1.54) is 11.0 Å². The molecule has 21 heavy (non-hydrogen) atoms. The maximum Gasteiger partial charge on any atom is 0.243 e. The van der Waals surface area contributed by atoms with Crippen LogP contribution in [-0.4, -0.2) is 29.3 Å². The van der Waals surface area contributed by atoms with Crippen molar-refractivity contribution < 1.29 is 18.4 Å². The zero-order valence-corrected chi connectivity index (χ0v) is 13.2. The Kier molecular flexibility index (Phi) is 4.61. The van der Waals surface area contributed by atoms with Crippen LogP contribution in [0.5, 0.6) is 0 Å². The van der Waals surface area contributed by atoms with Crippen molar-refractivity contribution in [3.8, 4) is 0 Å². The van der Waals surface area contributed by atoms with Crippen molar-refractivity contribution >= 4 is 27.7 Å². The zero-order valence-electron chi connectivity index (χ0n) is 11.6. The third-order valence-corrected chi connectivity index (χ3v) is 4.05. The molecule has 0 bridgehead atoms. The minimum absolute atomic E-state index is 0.119. The Morgan fingerprint density at radius 3 is 2.67 bits per heavy atom. The molecule has 114 valence electrons. The fourth-order valence-electron chi connectivity index (χ4n) is 2.40. The maximum absolute atomic E-state index is 14.0. The van der Waals surface area contributed by atoms with Crippen LogP contribution in [0.1, 0.15) is 19.4 Å². The predicted octanol–water partition coefficient (Wildman–Crippen LogP) is 2.21. The normalized spacial score (nSPS) is 19.1. The number of nitrogens with zero attached hydrogens (tertiary/aromatic N) is 1. The van der Waals surface area contributed by atoms with Gasteiger partial charge in [0.2, 0.25) is 11.8 Å². The lowest BCUT2D eigenvalue weighted by Gasteiger charge is -2.37. The summed E-state index contributed by atoms with van der Waals surface area (Å²) in [6.07, 6.45) is 0. The minimum Gasteiger partial charge on any atom is -0.345 e. The molecule has 1 aromatic rings. The molecule has 0 saturated carbocycles. The van der Waals surface area contributed by atoms with Crippen molar-refractivity contribution in [1.82, 2.24) is 10.2 Å². The van der Waals surface area contributed by atoms with E-state index in [1.807, 2.05) is 0 Å². The summed E-state index contributed by atoms with van der Waals surface area (Å²) in [4.78, 5) is 25.2. The average molecular weight is 361 g/mol. The fraction of sp³-hybridized carbons (Fsp3) is 0.429. The number of rotatable bonds is 3. The number of piperazine rings is 1. The topological polar surface area (TPSA) is 49.4 Å². The van der Waals surface area contributed by atoms with E-state index in [1.54, 1.807) is 13.8 Å². The van der Waals surface area contributed by atoms with E-state index >= 15 is 0 Å². The number of hydrogen-bond donors (Lipinski definition) is 1. The van der Waals surface area contributed by atoms with Gasteiger partial charge in [0, 0.05) is 5.56 Å². The first-order valence-electron chi connectivity index (χ1n) is 6.52. The number of carbonyl (C=O) groups is 2. The summed E-state index contributed by atoms with van der Waals surface area (Å²) in [6.45, 7) is 3.14. The van der Waals surface area contributed by atoms with Crippen LogP contribution in [0.3, 0.4) is 0 Å². The standard InChI is InChI=1S/C14H15BrF2N2O2/c1-7(2)13-14(21)18-5-11(20)19(13)6-8-10(16)4-3-9(15)12(8)17/h3-4,7,13H,5-6H2,1-2H3,(H,18,21). The number of nitrogens with one attached hydrogen (secondary N) is 1.